The van der Waals surface area contributed by atoms with Gasteiger partial charge in [-0.15, -0.1) is 0 Å². The second kappa shape index (κ2) is 4.49. The van der Waals surface area contributed by atoms with E-state index in [2.05, 4.69) is 4.72 Å². The molecule has 0 aliphatic heterocycles. The fraction of sp³-hybridized carbons (Fsp3) is 0.429. The smallest absolute Gasteiger partial charge is 0.331 e. The number of hydrogen-bond donors (Lipinski definition) is 3. The van der Waals surface area contributed by atoms with Crippen molar-refractivity contribution in [1.82, 2.24) is 14.3 Å². The number of aromatic amines is 1. The van der Waals surface area contributed by atoms with Gasteiger partial charge in [0.2, 0.25) is 15.9 Å². The molecule has 0 aliphatic carbocycles. The normalized spacial score (nSPS) is 11.6. The first-order chi connectivity index (χ1) is 7.35. The summed E-state index contributed by atoms with van der Waals surface area (Å²) in [6.45, 7) is -0.245. The fourth-order valence-electron chi connectivity index (χ4n) is 1.04. The van der Waals surface area contributed by atoms with E-state index in [1.807, 2.05) is 4.98 Å². The highest BCUT2D eigenvalue weighted by atomic mass is 32.2. The van der Waals surface area contributed by atoms with Gasteiger partial charge >= 0.3 is 5.69 Å². The van der Waals surface area contributed by atoms with Crippen LogP contribution in [0.15, 0.2) is 15.7 Å². The van der Waals surface area contributed by atoms with Crippen LogP contribution in [-0.4, -0.2) is 35.9 Å². The largest absolute Gasteiger partial charge is 0.494 e. The molecule has 0 fully saturated rings. The number of aromatic hydroxyl groups is 1. The number of H-pyrrole nitrogens is 1. The summed E-state index contributed by atoms with van der Waals surface area (Å²) >= 11 is 0. The van der Waals surface area contributed by atoms with Crippen LogP contribution in [0.2, 0.25) is 0 Å². The zero-order valence-corrected chi connectivity index (χ0v) is 9.24. The van der Waals surface area contributed by atoms with Crippen LogP contribution in [0.1, 0.15) is 0 Å². The Morgan fingerprint density at radius 2 is 2.12 bits per heavy atom. The molecule has 0 atom stereocenters. The van der Waals surface area contributed by atoms with E-state index >= 15 is 0 Å². The Bertz CT molecular complexity index is 585. The third-order valence-corrected chi connectivity index (χ3v) is 3.25. The fourth-order valence-corrected chi connectivity index (χ4v) is 1.66. The van der Waals surface area contributed by atoms with Crippen LogP contribution in [0, 0.1) is 0 Å². The minimum Gasteiger partial charge on any atom is -0.494 e. The van der Waals surface area contributed by atoms with E-state index in [9.17, 15) is 23.1 Å². The lowest BCUT2D eigenvalue weighted by atomic mass is 10.5. The summed E-state index contributed by atoms with van der Waals surface area (Å²) in [5.74, 6) is -0.941. The van der Waals surface area contributed by atoms with E-state index in [-0.39, 0.29) is 12.3 Å². The highest BCUT2D eigenvalue weighted by molar-refractivity contribution is 7.89. The van der Waals surface area contributed by atoms with Gasteiger partial charge in [-0.2, -0.15) is 0 Å². The molecule has 0 saturated heterocycles. The van der Waals surface area contributed by atoms with Crippen molar-refractivity contribution in [1.29, 1.82) is 0 Å². The molecule has 0 unspecified atom stereocenters. The third-order valence-electron chi connectivity index (χ3n) is 1.91. The van der Waals surface area contributed by atoms with Gasteiger partial charge in [-0.25, -0.2) is 17.9 Å². The van der Waals surface area contributed by atoms with E-state index in [0.717, 1.165) is 10.6 Å². The van der Waals surface area contributed by atoms with Crippen molar-refractivity contribution in [3.8, 4) is 5.88 Å². The van der Waals surface area contributed by atoms with Crippen LogP contribution in [-0.2, 0) is 16.6 Å². The van der Waals surface area contributed by atoms with E-state index in [1.165, 1.54) is 7.05 Å². The zero-order chi connectivity index (χ0) is 12.3. The number of nitrogens with one attached hydrogen (secondary N) is 2. The minimum atomic E-state index is -3.47. The molecular weight excluding hydrogens is 238 g/mol. The van der Waals surface area contributed by atoms with Crippen molar-refractivity contribution in [2.75, 3.05) is 12.8 Å². The van der Waals surface area contributed by atoms with Crippen molar-refractivity contribution in [2.45, 2.75) is 6.54 Å². The van der Waals surface area contributed by atoms with Gasteiger partial charge in [0.25, 0.3) is 5.56 Å². The molecule has 0 aromatic carbocycles. The van der Waals surface area contributed by atoms with Gasteiger partial charge in [0.1, 0.15) is 0 Å². The molecule has 1 aromatic rings. The van der Waals surface area contributed by atoms with E-state index in [0.29, 0.717) is 0 Å². The van der Waals surface area contributed by atoms with Gasteiger partial charge < -0.3 is 5.11 Å². The third kappa shape index (κ3) is 2.94. The number of rotatable bonds is 4. The maximum Gasteiger partial charge on any atom is 0.331 e. The number of sulfonamides is 1. The Hall–Kier alpha value is -1.61. The average Bonchev–Trinajstić information content (AvgIpc) is 2.16. The Balaban J connectivity index is 3.00. The lowest BCUT2D eigenvalue weighted by Crippen LogP contribution is -2.33. The van der Waals surface area contributed by atoms with Gasteiger partial charge in [-0.3, -0.25) is 14.3 Å². The molecule has 0 bridgehead atoms. The van der Waals surface area contributed by atoms with E-state index in [1.54, 1.807) is 0 Å². The lowest BCUT2D eigenvalue weighted by molar-refractivity contribution is 0.405. The second-order valence-electron chi connectivity index (χ2n) is 2.97. The molecular formula is C7H11N3O5S. The van der Waals surface area contributed by atoms with E-state index in [4.69, 9.17) is 0 Å². The van der Waals surface area contributed by atoms with Crippen LogP contribution in [0.4, 0.5) is 0 Å². The minimum absolute atomic E-state index is 0.245. The van der Waals surface area contributed by atoms with Gasteiger partial charge in [0, 0.05) is 6.54 Å². The van der Waals surface area contributed by atoms with Crippen LogP contribution in [0.3, 0.4) is 0 Å². The molecule has 16 heavy (non-hydrogen) atoms. The summed E-state index contributed by atoms with van der Waals surface area (Å²) in [5, 5.41) is 9.27. The van der Waals surface area contributed by atoms with Crippen LogP contribution < -0.4 is 16.0 Å². The highest BCUT2D eigenvalue weighted by Gasteiger charge is 2.10. The molecule has 0 aliphatic rings. The van der Waals surface area contributed by atoms with Crippen molar-refractivity contribution >= 4 is 10.0 Å². The maximum atomic E-state index is 11.2. The first-order valence-electron chi connectivity index (χ1n) is 4.30. The van der Waals surface area contributed by atoms with Gasteiger partial charge in [-0.05, 0) is 7.05 Å². The Kier molecular flexibility index (Phi) is 3.50. The van der Waals surface area contributed by atoms with Crippen LogP contribution >= 0.6 is 0 Å². The van der Waals surface area contributed by atoms with Gasteiger partial charge in [-0.1, -0.05) is 0 Å². The SMILES string of the molecule is CNS(=O)(=O)CCn1c(O)cc(=O)[nH]c1=O. The monoisotopic (exact) mass is 249 g/mol. The molecule has 8 nitrogen and oxygen atoms in total. The van der Waals surface area contributed by atoms with Crippen molar-refractivity contribution in [2.24, 2.45) is 0 Å². The predicted molar refractivity (Wildman–Crippen MR) is 55.8 cm³/mol. The molecule has 90 valence electrons. The predicted octanol–water partition coefficient (Wildman–Crippen LogP) is -2.21. The summed E-state index contributed by atoms with van der Waals surface area (Å²) < 4.78 is 25.0. The zero-order valence-electron chi connectivity index (χ0n) is 8.43. The summed E-state index contributed by atoms with van der Waals surface area (Å²) in [6, 6.07) is 0.799. The summed E-state index contributed by atoms with van der Waals surface area (Å²) in [4.78, 5) is 23.9. The standard InChI is InChI=1S/C7H11N3O5S/c1-8-16(14,15)3-2-10-6(12)4-5(11)9-7(10)13/h4,8,12H,2-3H2,1H3,(H,9,11,13). The second-order valence-corrected chi connectivity index (χ2v) is 5.02. The van der Waals surface area contributed by atoms with E-state index < -0.39 is 27.2 Å². The Morgan fingerprint density at radius 1 is 1.50 bits per heavy atom. The number of nitrogens with zero attached hydrogens (tertiary/aromatic N) is 1. The number of aromatic nitrogens is 2. The average molecular weight is 249 g/mol. The molecule has 0 saturated carbocycles. The molecule has 9 heteroatoms. The first-order valence-corrected chi connectivity index (χ1v) is 5.95. The van der Waals surface area contributed by atoms with Crippen molar-refractivity contribution < 1.29 is 13.5 Å². The molecule has 1 rings (SSSR count). The lowest BCUT2D eigenvalue weighted by Gasteiger charge is -2.06. The van der Waals surface area contributed by atoms with Gasteiger partial charge in [0.05, 0.1) is 11.8 Å². The number of hydrogen-bond acceptors (Lipinski definition) is 5. The quantitative estimate of drug-likeness (QED) is 0.558. The van der Waals surface area contributed by atoms with Crippen LogP contribution in [0.5, 0.6) is 5.88 Å². The Morgan fingerprint density at radius 3 is 2.62 bits per heavy atom. The van der Waals surface area contributed by atoms with Crippen molar-refractivity contribution in [3.05, 3.63) is 26.9 Å². The summed E-state index contributed by atoms with van der Waals surface area (Å²) in [5.41, 5.74) is -1.59. The summed E-state index contributed by atoms with van der Waals surface area (Å²) in [6.07, 6.45) is 0. The molecule has 3 N–H and O–H groups in total. The molecule has 0 radical (unpaired) electrons. The summed E-state index contributed by atoms with van der Waals surface area (Å²) in [7, 11) is -2.23. The molecule has 1 heterocycles. The molecule has 0 spiro atoms. The molecule has 1 aromatic heterocycles. The van der Waals surface area contributed by atoms with Gasteiger partial charge in [0.15, 0.2) is 0 Å². The first kappa shape index (κ1) is 12.5. The highest BCUT2D eigenvalue weighted by Crippen LogP contribution is 2.00. The van der Waals surface area contributed by atoms with Crippen LogP contribution in [0.25, 0.3) is 0 Å². The van der Waals surface area contributed by atoms with Crippen molar-refractivity contribution in [3.63, 3.8) is 0 Å². The molecule has 0 amide bonds. The Labute approximate surface area is 90.6 Å². The maximum absolute atomic E-state index is 11.2. The topological polar surface area (TPSA) is 121 Å².